The fourth-order valence-corrected chi connectivity index (χ4v) is 5.65. The number of fused-ring (bicyclic) bond motifs is 1. The lowest BCUT2D eigenvalue weighted by Crippen LogP contribution is -2.53. The Kier molecular flexibility index (Phi) is 6.72. The van der Waals surface area contributed by atoms with Crippen molar-refractivity contribution in [2.75, 3.05) is 13.1 Å². The van der Waals surface area contributed by atoms with Gasteiger partial charge in [0.2, 0.25) is 0 Å². The number of rotatable bonds is 7. The molecule has 1 aliphatic heterocycles. The van der Waals surface area contributed by atoms with Crippen LogP contribution in [0.5, 0.6) is 0 Å². The highest BCUT2D eigenvalue weighted by Crippen LogP contribution is 2.32. The van der Waals surface area contributed by atoms with Crippen molar-refractivity contribution >= 4 is 16.9 Å². The number of urea groups is 1. The van der Waals surface area contributed by atoms with Crippen LogP contribution in [0.2, 0.25) is 0 Å². The molecule has 2 aliphatic rings. The van der Waals surface area contributed by atoms with Crippen LogP contribution in [-0.2, 0) is 20.1 Å². The van der Waals surface area contributed by atoms with Gasteiger partial charge in [-0.05, 0) is 66.8 Å². The molecule has 38 heavy (non-hydrogen) atoms. The minimum atomic E-state index is -0.0716. The highest BCUT2D eigenvalue weighted by molar-refractivity contribution is 5.85. The third-order valence-corrected chi connectivity index (χ3v) is 7.91. The van der Waals surface area contributed by atoms with Crippen molar-refractivity contribution in [1.29, 1.82) is 0 Å². The van der Waals surface area contributed by atoms with Crippen molar-refractivity contribution in [2.45, 2.75) is 50.4 Å². The summed E-state index contributed by atoms with van der Waals surface area (Å²) in [5.41, 5.74) is 4.49. The number of amides is 2. The maximum absolute atomic E-state index is 13.7. The first kappa shape index (κ1) is 24.4. The molecule has 1 saturated heterocycles. The Labute approximate surface area is 222 Å². The van der Waals surface area contributed by atoms with Gasteiger partial charge in [-0.25, -0.2) is 4.79 Å². The summed E-state index contributed by atoms with van der Waals surface area (Å²) in [6.45, 7) is 2.88. The largest absolute Gasteiger partial charge is 0.343 e. The number of aryl methyl sites for hydroxylation is 1. The summed E-state index contributed by atoms with van der Waals surface area (Å²) in [6, 6.07) is 16.4. The molecule has 6 rings (SSSR count). The van der Waals surface area contributed by atoms with E-state index in [1.54, 1.807) is 17.7 Å². The van der Waals surface area contributed by atoms with E-state index in [-0.39, 0.29) is 29.6 Å². The second-order valence-corrected chi connectivity index (χ2v) is 10.6. The molecule has 0 spiro atoms. The van der Waals surface area contributed by atoms with Crippen LogP contribution in [0, 0.1) is 0 Å². The fourth-order valence-electron chi connectivity index (χ4n) is 5.65. The summed E-state index contributed by atoms with van der Waals surface area (Å²) in [5.74, 6) is 0.109. The molecule has 1 aliphatic carbocycles. The molecular weight excluding hydrogens is 476 g/mol. The third-order valence-electron chi connectivity index (χ3n) is 7.91. The molecule has 4 heterocycles. The minimum Gasteiger partial charge on any atom is -0.343 e. The number of nitrogens with zero attached hydrogens (tertiary/aromatic N) is 4. The molecule has 1 saturated carbocycles. The molecule has 0 bridgehead atoms. The fraction of sp³-hybridized carbons (Fsp3) is 0.367. The molecular formula is C30H34N6O2. The molecule has 2 atom stereocenters. The van der Waals surface area contributed by atoms with Crippen LogP contribution in [0.15, 0.2) is 78.1 Å². The molecule has 196 valence electrons. The monoisotopic (exact) mass is 510 g/mol. The molecule has 2 fully saturated rings. The van der Waals surface area contributed by atoms with Gasteiger partial charge in [-0.3, -0.25) is 9.78 Å². The average Bonchev–Trinajstić information content (AvgIpc) is 3.73. The zero-order chi connectivity index (χ0) is 26.1. The van der Waals surface area contributed by atoms with Crippen LogP contribution >= 0.6 is 0 Å². The SMILES string of the molecule is Cn1ccc([C@@H]2CCNC[C@H]2NC(=O)N(Cc2cn(Cc3ccncc3)c3ccccc23)C2CC2)cc1=O. The van der Waals surface area contributed by atoms with Crippen molar-refractivity contribution in [3.63, 3.8) is 0 Å². The van der Waals surface area contributed by atoms with E-state index in [4.69, 9.17) is 0 Å². The van der Waals surface area contributed by atoms with Crippen molar-refractivity contribution in [1.82, 2.24) is 29.7 Å². The van der Waals surface area contributed by atoms with Gasteiger partial charge in [0.1, 0.15) is 0 Å². The standard InChI is InChI=1S/C30H34N6O2/c1-34-15-11-22(16-29(34)37)25-10-14-32-17-27(25)33-30(38)36(24-6-7-24)20-23-19-35(18-21-8-12-31-13-9-21)28-5-3-2-4-26(23)28/h2-5,8-9,11-13,15-16,19,24-25,27,32H,6-7,10,14,17-18,20H2,1H3,(H,33,38)/t25-,27+/m0/s1. The van der Waals surface area contributed by atoms with E-state index in [0.29, 0.717) is 13.1 Å². The Hall–Kier alpha value is -3.91. The van der Waals surface area contributed by atoms with Crippen LogP contribution in [0.4, 0.5) is 4.79 Å². The van der Waals surface area contributed by atoms with E-state index in [1.807, 2.05) is 41.7 Å². The average molecular weight is 511 g/mol. The van der Waals surface area contributed by atoms with Gasteiger partial charge in [-0.15, -0.1) is 0 Å². The van der Waals surface area contributed by atoms with Gasteiger partial charge < -0.3 is 24.7 Å². The van der Waals surface area contributed by atoms with E-state index in [0.717, 1.165) is 49.0 Å². The van der Waals surface area contributed by atoms with Gasteiger partial charge in [-0.2, -0.15) is 0 Å². The number of hydrogen-bond acceptors (Lipinski definition) is 4. The van der Waals surface area contributed by atoms with E-state index in [2.05, 4.69) is 50.6 Å². The highest BCUT2D eigenvalue weighted by atomic mass is 16.2. The summed E-state index contributed by atoms with van der Waals surface area (Å²) >= 11 is 0. The topological polar surface area (TPSA) is 84.2 Å². The lowest BCUT2D eigenvalue weighted by atomic mass is 9.86. The maximum Gasteiger partial charge on any atom is 0.318 e. The summed E-state index contributed by atoms with van der Waals surface area (Å²) in [7, 11) is 1.76. The predicted octanol–water partition coefficient (Wildman–Crippen LogP) is 3.60. The Morgan fingerprint density at radius 2 is 1.95 bits per heavy atom. The summed E-state index contributed by atoms with van der Waals surface area (Å²) in [4.78, 5) is 32.2. The Morgan fingerprint density at radius 3 is 2.74 bits per heavy atom. The van der Waals surface area contributed by atoms with Gasteiger partial charge in [0.05, 0.1) is 0 Å². The summed E-state index contributed by atoms with van der Waals surface area (Å²) in [6.07, 6.45) is 10.6. The van der Waals surface area contributed by atoms with Gasteiger partial charge in [-0.1, -0.05) is 18.2 Å². The number of benzene rings is 1. The first-order chi connectivity index (χ1) is 18.6. The number of para-hydroxylation sites is 1. The number of pyridine rings is 2. The molecule has 4 aromatic rings. The molecule has 2 amide bonds. The lowest BCUT2D eigenvalue weighted by molar-refractivity contribution is 0.183. The van der Waals surface area contributed by atoms with Crippen LogP contribution in [0.3, 0.4) is 0 Å². The van der Waals surface area contributed by atoms with Gasteiger partial charge in [0.15, 0.2) is 0 Å². The number of hydrogen-bond donors (Lipinski definition) is 2. The second-order valence-electron chi connectivity index (χ2n) is 10.6. The second kappa shape index (κ2) is 10.5. The van der Waals surface area contributed by atoms with Crippen molar-refractivity contribution in [3.05, 3.63) is 100 Å². The van der Waals surface area contributed by atoms with Crippen LogP contribution in [0.25, 0.3) is 10.9 Å². The van der Waals surface area contributed by atoms with E-state index in [9.17, 15) is 9.59 Å². The number of aromatic nitrogens is 3. The van der Waals surface area contributed by atoms with Crippen molar-refractivity contribution in [3.8, 4) is 0 Å². The molecule has 1 aromatic carbocycles. The summed E-state index contributed by atoms with van der Waals surface area (Å²) in [5, 5.41) is 7.94. The first-order valence-electron chi connectivity index (χ1n) is 13.5. The smallest absolute Gasteiger partial charge is 0.318 e. The van der Waals surface area contributed by atoms with Gasteiger partial charge in [0.25, 0.3) is 5.56 Å². The zero-order valence-corrected chi connectivity index (χ0v) is 21.7. The van der Waals surface area contributed by atoms with E-state index >= 15 is 0 Å². The molecule has 0 radical (unpaired) electrons. The maximum atomic E-state index is 13.7. The van der Waals surface area contributed by atoms with Crippen molar-refractivity contribution in [2.24, 2.45) is 7.05 Å². The number of carbonyl (C=O) groups excluding carboxylic acids is 1. The number of carbonyl (C=O) groups is 1. The van der Waals surface area contributed by atoms with Crippen LogP contribution in [-0.4, -0.2) is 50.2 Å². The molecule has 0 unspecified atom stereocenters. The molecule has 2 N–H and O–H groups in total. The molecule has 3 aromatic heterocycles. The highest BCUT2D eigenvalue weighted by Gasteiger charge is 2.36. The normalized spacial score (nSPS) is 19.4. The molecule has 8 heteroatoms. The molecule has 8 nitrogen and oxygen atoms in total. The van der Waals surface area contributed by atoms with Crippen molar-refractivity contribution < 1.29 is 4.79 Å². The lowest BCUT2D eigenvalue weighted by Gasteiger charge is -2.35. The zero-order valence-electron chi connectivity index (χ0n) is 21.7. The third kappa shape index (κ3) is 5.09. The Balaban J connectivity index is 1.23. The van der Waals surface area contributed by atoms with E-state index < -0.39 is 0 Å². The Bertz CT molecular complexity index is 1490. The number of nitrogens with one attached hydrogen (secondary N) is 2. The quantitative estimate of drug-likeness (QED) is 0.398. The number of piperidine rings is 1. The van der Waals surface area contributed by atoms with Crippen LogP contribution < -0.4 is 16.2 Å². The first-order valence-corrected chi connectivity index (χ1v) is 13.5. The van der Waals surface area contributed by atoms with Gasteiger partial charge in [0, 0.05) is 86.4 Å². The summed E-state index contributed by atoms with van der Waals surface area (Å²) < 4.78 is 3.85. The van der Waals surface area contributed by atoms with Crippen LogP contribution in [0.1, 0.15) is 41.9 Å². The van der Waals surface area contributed by atoms with E-state index in [1.165, 1.54) is 10.9 Å². The Morgan fingerprint density at radius 1 is 1.13 bits per heavy atom. The minimum absolute atomic E-state index is 0.0196. The predicted molar refractivity (Wildman–Crippen MR) is 148 cm³/mol. The van der Waals surface area contributed by atoms with Gasteiger partial charge >= 0.3 is 6.03 Å².